The number of hydrogen-bond acceptors (Lipinski definition) is 5. The number of pyridine rings is 1. The zero-order valence-corrected chi connectivity index (χ0v) is 14.4. The summed E-state index contributed by atoms with van der Waals surface area (Å²) in [4.78, 5) is 30.4. The largest absolute Gasteiger partial charge is 0.308 e. The van der Waals surface area contributed by atoms with E-state index in [1.165, 1.54) is 11.3 Å². The fraction of sp³-hybridized carbons (Fsp3) is 0. The Labute approximate surface area is 150 Å². The zero-order valence-electron chi connectivity index (χ0n) is 12.8. The average molecular weight is 362 g/mol. The van der Waals surface area contributed by atoms with Gasteiger partial charge in [0.1, 0.15) is 5.00 Å². The van der Waals surface area contributed by atoms with Crippen LogP contribution in [0.2, 0.25) is 0 Å². The quantitative estimate of drug-likeness (QED) is 0.386. The summed E-state index contributed by atoms with van der Waals surface area (Å²) in [5.74, 6) is -0.337. The number of carbonyl (C=O) groups is 2. The van der Waals surface area contributed by atoms with Crippen molar-refractivity contribution in [3.8, 4) is 5.00 Å². The van der Waals surface area contributed by atoms with Crippen molar-refractivity contribution < 1.29 is 9.59 Å². The Kier molecular flexibility index (Phi) is 3.10. The van der Waals surface area contributed by atoms with E-state index in [2.05, 4.69) is 9.55 Å². The van der Waals surface area contributed by atoms with Crippen LogP contribution in [0.25, 0.3) is 22.0 Å². The molecule has 0 aliphatic heterocycles. The number of hydrogen-bond donors (Lipinski definition) is 0. The topological polar surface area (TPSA) is 52.0 Å². The van der Waals surface area contributed by atoms with Gasteiger partial charge < -0.3 is 4.57 Å². The minimum absolute atomic E-state index is 0.164. The van der Waals surface area contributed by atoms with Gasteiger partial charge in [0.2, 0.25) is 5.78 Å². The van der Waals surface area contributed by atoms with Crippen LogP contribution in [0, 0.1) is 0 Å². The molecule has 4 aromatic heterocycles. The third-order valence-corrected chi connectivity index (χ3v) is 6.18. The predicted molar refractivity (Wildman–Crippen MR) is 99.9 cm³/mol. The Morgan fingerprint density at radius 3 is 2.84 bits per heavy atom. The fourth-order valence-corrected chi connectivity index (χ4v) is 4.82. The number of Topliss-reactive ketones (excluding diaryl/α,β-unsaturated/α-hetero) is 2. The molecule has 0 amide bonds. The van der Waals surface area contributed by atoms with Gasteiger partial charge in [-0.2, -0.15) is 0 Å². The standard InChI is InChI=1S/C19H10N2O2S2/c22-17-13-5-8-24-19(13)18(23)14(17)9-12-1-2-16(25-12)21-7-4-11-10-20-6-3-15(11)21/h1-10H/b14-9+. The number of allylic oxidation sites excluding steroid dienone is 1. The molecule has 1 aliphatic carbocycles. The van der Waals surface area contributed by atoms with Gasteiger partial charge in [-0.05, 0) is 41.8 Å². The molecule has 6 heteroatoms. The van der Waals surface area contributed by atoms with E-state index in [0.717, 1.165) is 20.8 Å². The highest BCUT2D eigenvalue weighted by Crippen LogP contribution is 2.33. The number of aromatic nitrogens is 2. The van der Waals surface area contributed by atoms with Crippen LogP contribution in [0.1, 0.15) is 24.9 Å². The van der Waals surface area contributed by atoms with Gasteiger partial charge in [0.05, 0.1) is 16.0 Å². The SMILES string of the molecule is O=C1/C(=C\c2ccc(-n3ccc4cnccc43)s2)C(=O)c2sccc21. The first-order chi connectivity index (χ1) is 12.2. The molecule has 0 fully saturated rings. The van der Waals surface area contributed by atoms with Crippen molar-refractivity contribution in [1.29, 1.82) is 0 Å². The lowest BCUT2D eigenvalue weighted by molar-refractivity contribution is 0.0991. The molecule has 0 spiro atoms. The molecule has 120 valence electrons. The average Bonchev–Trinajstić information content (AvgIpc) is 3.38. The van der Waals surface area contributed by atoms with Crippen LogP contribution in [0.3, 0.4) is 0 Å². The van der Waals surface area contributed by atoms with Gasteiger partial charge in [0, 0.05) is 34.4 Å². The summed E-state index contributed by atoms with van der Waals surface area (Å²) in [5, 5.41) is 3.88. The fourth-order valence-electron chi connectivity index (χ4n) is 3.03. The van der Waals surface area contributed by atoms with Crippen LogP contribution >= 0.6 is 22.7 Å². The normalized spacial score (nSPS) is 15.4. The van der Waals surface area contributed by atoms with Crippen molar-refractivity contribution in [2.75, 3.05) is 0 Å². The minimum Gasteiger partial charge on any atom is -0.308 e. The van der Waals surface area contributed by atoms with Gasteiger partial charge in [-0.25, -0.2) is 0 Å². The van der Waals surface area contributed by atoms with E-state index in [9.17, 15) is 9.59 Å². The Hall–Kier alpha value is -2.83. The Balaban J connectivity index is 1.55. The van der Waals surface area contributed by atoms with Gasteiger partial charge in [0.25, 0.3) is 0 Å². The summed E-state index contributed by atoms with van der Waals surface area (Å²) in [7, 11) is 0. The van der Waals surface area contributed by atoms with Crippen molar-refractivity contribution in [2.24, 2.45) is 0 Å². The molecule has 0 atom stereocenters. The molecule has 25 heavy (non-hydrogen) atoms. The molecule has 1 aliphatic rings. The summed E-state index contributed by atoms with van der Waals surface area (Å²) < 4.78 is 2.08. The third-order valence-electron chi connectivity index (χ3n) is 4.23. The number of ketones is 2. The second-order valence-corrected chi connectivity index (χ2v) is 7.69. The maximum Gasteiger partial charge on any atom is 0.207 e. The Bertz CT molecular complexity index is 1160. The zero-order chi connectivity index (χ0) is 17.0. The number of fused-ring (bicyclic) bond motifs is 2. The molecule has 4 aromatic rings. The highest BCUT2D eigenvalue weighted by Gasteiger charge is 2.34. The van der Waals surface area contributed by atoms with Gasteiger partial charge >= 0.3 is 0 Å². The van der Waals surface area contributed by atoms with Crippen molar-refractivity contribution in [3.63, 3.8) is 0 Å². The van der Waals surface area contributed by atoms with Crippen molar-refractivity contribution in [2.45, 2.75) is 0 Å². The van der Waals surface area contributed by atoms with Crippen LogP contribution < -0.4 is 0 Å². The molecule has 0 aromatic carbocycles. The third kappa shape index (κ3) is 2.15. The maximum absolute atomic E-state index is 12.4. The van der Waals surface area contributed by atoms with Gasteiger partial charge in [-0.1, -0.05) is 0 Å². The van der Waals surface area contributed by atoms with E-state index in [-0.39, 0.29) is 17.1 Å². The predicted octanol–water partition coefficient (Wildman–Crippen LogP) is 4.61. The highest BCUT2D eigenvalue weighted by molar-refractivity contribution is 7.15. The summed E-state index contributed by atoms with van der Waals surface area (Å²) >= 11 is 2.87. The molecular weight excluding hydrogens is 352 g/mol. The summed E-state index contributed by atoms with van der Waals surface area (Å²) in [6.07, 6.45) is 7.30. The Morgan fingerprint density at radius 2 is 1.96 bits per heavy atom. The van der Waals surface area contributed by atoms with Crippen LogP contribution in [0.4, 0.5) is 0 Å². The van der Waals surface area contributed by atoms with Crippen LogP contribution in [-0.2, 0) is 0 Å². The van der Waals surface area contributed by atoms with E-state index in [1.807, 2.05) is 36.7 Å². The van der Waals surface area contributed by atoms with Crippen molar-refractivity contribution in [3.05, 3.63) is 75.2 Å². The minimum atomic E-state index is -0.173. The van der Waals surface area contributed by atoms with Crippen LogP contribution in [0.5, 0.6) is 0 Å². The van der Waals surface area contributed by atoms with Gasteiger partial charge in [0.15, 0.2) is 5.78 Å². The molecule has 4 heterocycles. The number of nitrogens with zero attached hydrogens (tertiary/aromatic N) is 2. The monoisotopic (exact) mass is 362 g/mol. The maximum atomic E-state index is 12.4. The first kappa shape index (κ1) is 14.5. The first-order valence-corrected chi connectivity index (χ1v) is 9.32. The molecular formula is C19H10N2O2S2. The number of carbonyl (C=O) groups excluding carboxylic acids is 2. The summed E-state index contributed by atoms with van der Waals surface area (Å²) in [6.45, 7) is 0. The summed E-state index contributed by atoms with van der Waals surface area (Å²) in [6, 6.07) is 9.64. The van der Waals surface area contributed by atoms with E-state index in [0.29, 0.717) is 10.4 Å². The molecule has 0 unspecified atom stereocenters. The molecule has 0 saturated carbocycles. The Morgan fingerprint density at radius 1 is 1.04 bits per heavy atom. The number of rotatable bonds is 2. The van der Waals surface area contributed by atoms with Crippen molar-refractivity contribution >= 4 is 51.2 Å². The summed E-state index contributed by atoms with van der Waals surface area (Å²) in [5.41, 5.74) is 1.87. The first-order valence-electron chi connectivity index (χ1n) is 7.62. The van der Waals surface area contributed by atoms with Gasteiger partial charge in [-0.15, -0.1) is 22.7 Å². The lowest BCUT2D eigenvalue weighted by Gasteiger charge is -2.00. The van der Waals surface area contributed by atoms with E-state index < -0.39 is 0 Å². The van der Waals surface area contributed by atoms with Gasteiger partial charge in [-0.3, -0.25) is 14.6 Å². The smallest absolute Gasteiger partial charge is 0.207 e. The van der Waals surface area contributed by atoms with Crippen molar-refractivity contribution in [1.82, 2.24) is 9.55 Å². The second kappa shape index (κ2) is 5.34. The molecule has 0 saturated heterocycles. The molecule has 0 N–H and O–H groups in total. The van der Waals surface area contributed by atoms with E-state index in [1.54, 1.807) is 35.1 Å². The lowest BCUT2D eigenvalue weighted by atomic mass is 10.1. The molecule has 0 bridgehead atoms. The number of thiophene rings is 2. The molecule has 0 radical (unpaired) electrons. The van der Waals surface area contributed by atoms with Crippen LogP contribution in [0.15, 0.2) is 59.9 Å². The molecule has 4 nitrogen and oxygen atoms in total. The molecule has 5 rings (SSSR count). The van der Waals surface area contributed by atoms with E-state index in [4.69, 9.17) is 0 Å². The highest BCUT2D eigenvalue weighted by atomic mass is 32.1. The lowest BCUT2D eigenvalue weighted by Crippen LogP contribution is -1.99. The van der Waals surface area contributed by atoms with E-state index >= 15 is 0 Å². The van der Waals surface area contributed by atoms with Crippen LogP contribution in [-0.4, -0.2) is 21.1 Å². The second-order valence-electron chi connectivity index (χ2n) is 5.68.